The van der Waals surface area contributed by atoms with Crippen LogP contribution in [-0.4, -0.2) is 24.0 Å². The highest BCUT2D eigenvalue weighted by atomic mass is 16.5. The van der Waals surface area contributed by atoms with Gasteiger partial charge in [0.15, 0.2) is 0 Å². The van der Waals surface area contributed by atoms with Crippen molar-refractivity contribution in [2.75, 3.05) is 7.11 Å². The van der Waals surface area contributed by atoms with Gasteiger partial charge in [-0.15, -0.1) is 0 Å². The fourth-order valence-corrected chi connectivity index (χ4v) is 2.56. The Hall–Kier alpha value is -1.22. The lowest BCUT2D eigenvalue weighted by Crippen LogP contribution is -2.21. The Morgan fingerprint density at radius 1 is 1.61 bits per heavy atom. The van der Waals surface area contributed by atoms with Crippen molar-refractivity contribution >= 4 is 5.78 Å². The van der Waals surface area contributed by atoms with Crippen molar-refractivity contribution in [3.8, 4) is 0 Å². The third-order valence-corrected chi connectivity index (χ3v) is 3.78. The maximum Gasteiger partial charge on any atom is 0.142 e. The smallest absolute Gasteiger partial charge is 0.142 e. The Morgan fingerprint density at radius 2 is 2.44 bits per heavy atom. The molecule has 0 N–H and O–H groups in total. The number of Topliss-reactive ketones (excluding diaryl/α,β-unsaturated/α-hetero) is 1. The van der Waals surface area contributed by atoms with Crippen molar-refractivity contribution in [2.24, 2.45) is 0 Å². The summed E-state index contributed by atoms with van der Waals surface area (Å²) in [7, 11) is 1.69. The molecule has 1 aromatic rings. The second kappa shape index (κ2) is 6.10. The van der Waals surface area contributed by atoms with Crippen molar-refractivity contribution < 1.29 is 9.53 Å². The number of carbonyl (C=O) groups is 1. The number of aromatic nitrogens is 1. The second-order valence-electron chi connectivity index (χ2n) is 5.04. The van der Waals surface area contributed by atoms with E-state index in [9.17, 15) is 4.79 Å². The Kier molecular flexibility index (Phi) is 4.48. The summed E-state index contributed by atoms with van der Waals surface area (Å²) >= 11 is 0. The molecule has 18 heavy (non-hydrogen) atoms. The number of pyridine rings is 1. The monoisotopic (exact) mass is 247 g/mol. The molecule has 0 aliphatic heterocycles. The van der Waals surface area contributed by atoms with Gasteiger partial charge in [0, 0.05) is 19.7 Å². The first-order valence-corrected chi connectivity index (χ1v) is 6.71. The molecule has 1 heterocycles. The van der Waals surface area contributed by atoms with E-state index in [1.807, 2.05) is 13.0 Å². The molecular weight excluding hydrogens is 226 g/mol. The van der Waals surface area contributed by atoms with E-state index in [1.165, 1.54) is 5.56 Å². The van der Waals surface area contributed by atoms with Crippen LogP contribution in [0.3, 0.4) is 0 Å². The molecule has 2 unspecified atom stereocenters. The summed E-state index contributed by atoms with van der Waals surface area (Å²) in [4.78, 5) is 16.7. The molecule has 1 aliphatic carbocycles. The summed E-state index contributed by atoms with van der Waals surface area (Å²) in [5.74, 6) is 0.331. The fourth-order valence-electron chi connectivity index (χ4n) is 2.56. The first kappa shape index (κ1) is 13.2. The number of hydrogen-bond acceptors (Lipinski definition) is 3. The van der Waals surface area contributed by atoms with Crippen LogP contribution in [0.5, 0.6) is 0 Å². The summed E-state index contributed by atoms with van der Waals surface area (Å²) in [5, 5.41) is 0. The first-order chi connectivity index (χ1) is 8.72. The Balaban J connectivity index is 2.04. The van der Waals surface area contributed by atoms with Gasteiger partial charge in [-0.2, -0.15) is 0 Å². The maximum atomic E-state index is 12.3. The van der Waals surface area contributed by atoms with Crippen LogP contribution < -0.4 is 0 Å². The van der Waals surface area contributed by atoms with Gasteiger partial charge in [0.1, 0.15) is 5.78 Å². The van der Waals surface area contributed by atoms with Crippen molar-refractivity contribution in [1.29, 1.82) is 0 Å². The van der Waals surface area contributed by atoms with E-state index >= 15 is 0 Å². The normalized spacial score (nSPS) is 20.2. The molecule has 3 nitrogen and oxygen atoms in total. The van der Waals surface area contributed by atoms with Gasteiger partial charge in [-0.05, 0) is 44.2 Å². The minimum atomic E-state index is 0.0130. The third-order valence-electron chi connectivity index (χ3n) is 3.78. The Labute approximate surface area is 109 Å². The SMILES string of the molecule is COC(C)CCC(=O)C1CCCc2cccnc21. The van der Waals surface area contributed by atoms with Crippen LogP contribution in [0.2, 0.25) is 0 Å². The van der Waals surface area contributed by atoms with Crippen LogP contribution in [0, 0.1) is 0 Å². The highest BCUT2D eigenvalue weighted by molar-refractivity contribution is 5.85. The minimum Gasteiger partial charge on any atom is -0.382 e. The van der Waals surface area contributed by atoms with E-state index < -0.39 is 0 Å². The highest BCUT2D eigenvalue weighted by Gasteiger charge is 2.27. The zero-order valence-corrected chi connectivity index (χ0v) is 11.2. The van der Waals surface area contributed by atoms with Crippen molar-refractivity contribution in [3.63, 3.8) is 0 Å². The van der Waals surface area contributed by atoms with Crippen LogP contribution in [0.4, 0.5) is 0 Å². The average molecular weight is 247 g/mol. The number of ketones is 1. The van der Waals surface area contributed by atoms with Crippen LogP contribution in [-0.2, 0) is 16.0 Å². The number of nitrogens with zero attached hydrogens (tertiary/aromatic N) is 1. The minimum absolute atomic E-state index is 0.0130. The van der Waals surface area contributed by atoms with E-state index in [0.29, 0.717) is 12.2 Å². The van der Waals surface area contributed by atoms with Gasteiger partial charge >= 0.3 is 0 Å². The standard InChI is InChI=1S/C15H21NO2/c1-11(18-2)8-9-14(17)13-7-3-5-12-6-4-10-16-15(12)13/h4,6,10-11,13H,3,5,7-9H2,1-2H3. The predicted octanol–water partition coefficient (Wildman–Crippen LogP) is 2.89. The quantitative estimate of drug-likeness (QED) is 0.803. The molecule has 0 saturated heterocycles. The lowest BCUT2D eigenvalue weighted by Gasteiger charge is -2.23. The van der Waals surface area contributed by atoms with Crippen molar-refractivity contribution in [3.05, 3.63) is 29.6 Å². The van der Waals surface area contributed by atoms with Gasteiger partial charge in [-0.25, -0.2) is 0 Å². The van der Waals surface area contributed by atoms with Crippen molar-refractivity contribution in [1.82, 2.24) is 4.98 Å². The van der Waals surface area contributed by atoms with Crippen LogP contribution >= 0.6 is 0 Å². The molecule has 1 aliphatic rings. The zero-order chi connectivity index (χ0) is 13.0. The Morgan fingerprint density at radius 3 is 3.22 bits per heavy atom. The van der Waals surface area contributed by atoms with E-state index in [0.717, 1.165) is 31.4 Å². The van der Waals surface area contributed by atoms with Gasteiger partial charge in [0.2, 0.25) is 0 Å². The molecule has 0 fully saturated rings. The summed E-state index contributed by atoms with van der Waals surface area (Å²) < 4.78 is 5.19. The molecule has 2 rings (SSSR count). The molecule has 0 bridgehead atoms. The van der Waals surface area contributed by atoms with E-state index in [2.05, 4.69) is 11.1 Å². The number of ether oxygens (including phenoxy) is 1. The average Bonchev–Trinajstić information content (AvgIpc) is 2.43. The van der Waals surface area contributed by atoms with Crippen LogP contribution in [0.25, 0.3) is 0 Å². The first-order valence-electron chi connectivity index (χ1n) is 6.71. The predicted molar refractivity (Wildman–Crippen MR) is 70.6 cm³/mol. The maximum absolute atomic E-state index is 12.3. The molecule has 0 aromatic carbocycles. The zero-order valence-electron chi connectivity index (χ0n) is 11.2. The van der Waals surface area contributed by atoms with Crippen LogP contribution in [0.1, 0.15) is 49.8 Å². The molecular formula is C15H21NO2. The molecule has 0 spiro atoms. The summed E-state index contributed by atoms with van der Waals surface area (Å²) in [5.41, 5.74) is 2.26. The molecule has 0 amide bonds. The van der Waals surface area contributed by atoms with E-state index in [-0.39, 0.29) is 12.0 Å². The number of fused-ring (bicyclic) bond motifs is 1. The molecule has 1 aromatic heterocycles. The van der Waals surface area contributed by atoms with E-state index in [4.69, 9.17) is 4.74 Å². The summed E-state index contributed by atoms with van der Waals surface area (Å²) in [6.45, 7) is 2.00. The molecule has 0 saturated carbocycles. The number of aryl methyl sites for hydroxylation is 1. The molecule has 98 valence electrons. The van der Waals surface area contributed by atoms with Gasteiger partial charge in [0.25, 0.3) is 0 Å². The fraction of sp³-hybridized carbons (Fsp3) is 0.600. The van der Waals surface area contributed by atoms with Crippen LogP contribution in [0.15, 0.2) is 18.3 Å². The van der Waals surface area contributed by atoms with E-state index in [1.54, 1.807) is 13.3 Å². The highest BCUT2D eigenvalue weighted by Crippen LogP contribution is 2.31. The number of carbonyl (C=O) groups excluding carboxylic acids is 1. The largest absolute Gasteiger partial charge is 0.382 e. The molecule has 3 heteroatoms. The second-order valence-corrected chi connectivity index (χ2v) is 5.04. The Bertz CT molecular complexity index is 417. The van der Waals surface area contributed by atoms with Gasteiger partial charge in [0.05, 0.1) is 17.7 Å². The lowest BCUT2D eigenvalue weighted by atomic mass is 9.82. The summed E-state index contributed by atoms with van der Waals surface area (Å²) in [6.07, 6.45) is 6.44. The number of methoxy groups -OCH3 is 1. The lowest BCUT2D eigenvalue weighted by molar-refractivity contribution is -0.121. The molecule has 2 atom stereocenters. The molecule has 0 radical (unpaired) electrons. The van der Waals surface area contributed by atoms with Crippen molar-refractivity contribution in [2.45, 2.75) is 51.0 Å². The third kappa shape index (κ3) is 2.96. The number of hydrogen-bond donors (Lipinski definition) is 0. The number of rotatable bonds is 5. The van der Waals surface area contributed by atoms with Gasteiger partial charge in [-0.1, -0.05) is 6.07 Å². The van der Waals surface area contributed by atoms with Gasteiger partial charge in [-0.3, -0.25) is 9.78 Å². The van der Waals surface area contributed by atoms with Gasteiger partial charge < -0.3 is 4.74 Å². The summed E-state index contributed by atoms with van der Waals surface area (Å²) in [6, 6.07) is 4.05. The topological polar surface area (TPSA) is 39.2 Å².